The Kier molecular flexibility index (Phi) is 1.54. The predicted octanol–water partition coefficient (Wildman–Crippen LogP) is 1.30. The molecule has 0 aliphatic heterocycles. The molecule has 0 saturated carbocycles. The SMILES string of the molecule is Cc1c(C(F)(F)F)o[nH]c1=O. The van der Waals surface area contributed by atoms with Gasteiger partial charge < -0.3 is 4.52 Å². The van der Waals surface area contributed by atoms with Gasteiger partial charge in [0.15, 0.2) is 0 Å². The van der Waals surface area contributed by atoms with Gasteiger partial charge in [0.1, 0.15) is 0 Å². The predicted molar refractivity (Wildman–Crippen MR) is 29.1 cm³/mol. The van der Waals surface area contributed by atoms with Crippen molar-refractivity contribution in [1.82, 2.24) is 5.16 Å². The third kappa shape index (κ3) is 1.28. The van der Waals surface area contributed by atoms with Crippen LogP contribution in [-0.4, -0.2) is 5.16 Å². The van der Waals surface area contributed by atoms with Gasteiger partial charge in [-0.25, -0.2) is 0 Å². The molecule has 0 atom stereocenters. The van der Waals surface area contributed by atoms with Crippen molar-refractivity contribution < 1.29 is 17.7 Å². The van der Waals surface area contributed by atoms with Gasteiger partial charge in [0.05, 0.1) is 5.56 Å². The van der Waals surface area contributed by atoms with Crippen LogP contribution >= 0.6 is 0 Å². The summed E-state index contributed by atoms with van der Waals surface area (Å²) in [6.07, 6.45) is -4.59. The van der Waals surface area contributed by atoms with Crippen molar-refractivity contribution in [3.63, 3.8) is 0 Å². The molecule has 0 unspecified atom stereocenters. The summed E-state index contributed by atoms with van der Waals surface area (Å²) >= 11 is 0. The van der Waals surface area contributed by atoms with Crippen LogP contribution in [0.5, 0.6) is 0 Å². The van der Waals surface area contributed by atoms with E-state index in [0.29, 0.717) is 0 Å². The van der Waals surface area contributed by atoms with E-state index in [-0.39, 0.29) is 0 Å². The minimum absolute atomic E-state index is 0.447. The van der Waals surface area contributed by atoms with Gasteiger partial charge >= 0.3 is 6.18 Å². The number of hydrogen-bond donors (Lipinski definition) is 1. The molecule has 0 fully saturated rings. The van der Waals surface area contributed by atoms with Gasteiger partial charge in [0, 0.05) is 0 Å². The van der Waals surface area contributed by atoms with Crippen LogP contribution < -0.4 is 5.56 Å². The summed E-state index contributed by atoms with van der Waals surface area (Å²) < 4.78 is 39.3. The monoisotopic (exact) mass is 167 g/mol. The topological polar surface area (TPSA) is 46.0 Å². The summed E-state index contributed by atoms with van der Waals surface area (Å²) in [5.74, 6) is -1.26. The lowest BCUT2D eigenvalue weighted by Gasteiger charge is -1.99. The normalized spacial score (nSPS) is 12.0. The number of alkyl halides is 3. The Hall–Kier alpha value is -1.20. The van der Waals surface area contributed by atoms with Crippen LogP contribution in [0.15, 0.2) is 9.32 Å². The fourth-order valence-electron chi connectivity index (χ4n) is 0.624. The molecule has 1 heterocycles. The Morgan fingerprint density at radius 3 is 2.18 bits per heavy atom. The molecule has 1 aromatic heterocycles. The van der Waals surface area contributed by atoms with Gasteiger partial charge in [-0.3, -0.25) is 4.79 Å². The van der Waals surface area contributed by atoms with Gasteiger partial charge in [-0.1, -0.05) is 0 Å². The molecule has 0 saturated heterocycles. The zero-order chi connectivity index (χ0) is 8.65. The van der Waals surface area contributed by atoms with Crippen LogP contribution in [0.3, 0.4) is 0 Å². The van der Waals surface area contributed by atoms with Crippen molar-refractivity contribution >= 4 is 0 Å². The van der Waals surface area contributed by atoms with Crippen molar-refractivity contribution in [3.8, 4) is 0 Å². The van der Waals surface area contributed by atoms with Gasteiger partial charge in [-0.2, -0.15) is 18.3 Å². The van der Waals surface area contributed by atoms with Crippen molar-refractivity contribution in [2.45, 2.75) is 13.1 Å². The number of aromatic nitrogens is 1. The van der Waals surface area contributed by atoms with Gasteiger partial charge in [0.25, 0.3) is 5.56 Å². The third-order valence-corrected chi connectivity index (χ3v) is 1.18. The van der Waals surface area contributed by atoms with Crippen molar-refractivity contribution in [2.24, 2.45) is 0 Å². The molecule has 3 nitrogen and oxygen atoms in total. The molecular weight excluding hydrogens is 163 g/mol. The molecule has 1 aromatic rings. The highest BCUT2D eigenvalue weighted by Gasteiger charge is 2.38. The molecule has 0 radical (unpaired) electrons. The lowest BCUT2D eigenvalue weighted by Crippen LogP contribution is -2.08. The minimum Gasteiger partial charge on any atom is -0.373 e. The molecule has 1 N–H and O–H groups in total. The average Bonchev–Trinajstić information content (AvgIpc) is 2.11. The first-order valence-electron chi connectivity index (χ1n) is 2.68. The van der Waals surface area contributed by atoms with E-state index in [1.165, 1.54) is 0 Å². The van der Waals surface area contributed by atoms with E-state index in [9.17, 15) is 18.0 Å². The van der Waals surface area contributed by atoms with E-state index in [1.807, 2.05) is 0 Å². The molecule has 0 aromatic carbocycles. The first-order chi connectivity index (χ1) is 4.93. The first kappa shape index (κ1) is 7.90. The zero-order valence-electron chi connectivity index (χ0n) is 5.45. The van der Waals surface area contributed by atoms with Crippen molar-refractivity contribution in [1.29, 1.82) is 0 Å². The van der Waals surface area contributed by atoms with Crippen molar-refractivity contribution in [2.75, 3.05) is 0 Å². The number of hydrogen-bond acceptors (Lipinski definition) is 2. The molecule has 6 heteroatoms. The Morgan fingerprint density at radius 1 is 1.45 bits per heavy atom. The summed E-state index contributed by atoms with van der Waals surface area (Å²) in [6.45, 7) is 1.05. The quantitative estimate of drug-likeness (QED) is 0.632. The largest absolute Gasteiger partial charge is 0.452 e. The first-order valence-corrected chi connectivity index (χ1v) is 2.68. The van der Waals surface area contributed by atoms with E-state index >= 15 is 0 Å². The summed E-state index contributed by atoms with van der Waals surface area (Å²) in [6, 6.07) is 0. The van der Waals surface area contributed by atoms with Gasteiger partial charge in [-0.05, 0) is 6.92 Å². The molecule has 0 bridgehead atoms. The highest BCUT2D eigenvalue weighted by atomic mass is 19.4. The number of halogens is 3. The zero-order valence-corrected chi connectivity index (χ0v) is 5.45. The molecule has 11 heavy (non-hydrogen) atoms. The number of aromatic amines is 1. The second kappa shape index (κ2) is 2.14. The third-order valence-electron chi connectivity index (χ3n) is 1.18. The molecule has 1 rings (SSSR count). The van der Waals surface area contributed by atoms with Crippen LogP contribution in [0, 0.1) is 6.92 Å². The molecule has 0 spiro atoms. The highest BCUT2D eigenvalue weighted by molar-refractivity contribution is 5.13. The fraction of sp³-hybridized carbons (Fsp3) is 0.400. The number of rotatable bonds is 0. The van der Waals surface area contributed by atoms with Gasteiger partial charge in [-0.15, -0.1) is 0 Å². The van der Waals surface area contributed by atoms with Crippen LogP contribution in [-0.2, 0) is 6.18 Å². The maximum Gasteiger partial charge on any atom is 0.452 e. The average molecular weight is 167 g/mol. The van der Waals surface area contributed by atoms with E-state index in [4.69, 9.17) is 0 Å². The van der Waals surface area contributed by atoms with Crippen molar-refractivity contribution in [3.05, 3.63) is 21.7 Å². The maximum atomic E-state index is 11.8. The van der Waals surface area contributed by atoms with Gasteiger partial charge in [0.2, 0.25) is 5.76 Å². The van der Waals surface area contributed by atoms with E-state index < -0.39 is 23.1 Å². The Bertz CT molecular complexity index is 308. The standard InChI is InChI=1S/C5H4F3NO2/c1-2-3(5(6,7)8)11-9-4(2)10/h1H3,(H,9,10). The lowest BCUT2D eigenvalue weighted by molar-refractivity contribution is -0.156. The summed E-state index contributed by atoms with van der Waals surface area (Å²) in [5.41, 5.74) is -1.30. The highest BCUT2D eigenvalue weighted by Crippen LogP contribution is 2.29. The summed E-state index contributed by atoms with van der Waals surface area (Å²) in [4.78, 5) is 10.4. The molecule has 0 aliphatic rings. The van der Waals surface area contributed by atoms with Crippen LogP contribution in [0.4, 0.5) is 13.2 Å². The smallest absolute Gasteiger partial charge is 0.373 e. The molecule has 62 valence electrons. The Morgan fingerprint density at radius 2 is 2.00 bits per heavy atom. The van der Waals surface area contributed by atoms with E-state index in [2.05, 4.69) is 4.52 Å². The number of nitrogens with one attached hydrogen (secondary N) is 1. The second-order valence-corrected chi connectivity index (χ2v) is 1.99. The minimum atomic E-state index is -4.59. The molecule has 0 amide bonds. The maximum absolute atomic E-state index is 11.8. The second-order valence-electron chi connectivity index (χ2n) is 1.99. The number of H-pyrrole nitrogens is 1. The molecular formula is C5H4F3NO2. The van der Waals surface area contributed by atoms with Crippen LogP contribution in [0.2, 0.25) is 0 Å². The summed E-state index contributed by atoms with van der Waals surface area (Å²) in [5, 5.41) is 1.59. The van der Waals surface area contributed by atoms with E-state index in [0.717, 1.165) is 6.92 Å². The van der Waals surface area contributed by atoms with E-state index in [1.54, 1.807) is 5.16 Å². The Balaban J connectivity index is 3.26. The Labute approximate surface area is 58.8 Å². The van der Waals surface area contributed by atoms with Crippen LogP contribution in [0.25, 0.3) is 0 Å². The summed E-state index contributed by atoms with van der Waals surface area (Å²) in [7, 11) is 0. The lowest BCUT2D eigenvalue weighted by atomic mass is 10.3. The fourth-order valence-corrected chi connectivity index (χ4v) is 0.624. The molecule has 0 aliphatic carbocycles. The van der Waals surface area contributed by atoms with Crippen LogP contribution in [0.1, 0.15) is 11.3 Å².